The number of amides is 1. The second-order valence-electron chi connectivity index (χ2n) is 6.10. The van der Waals surface area contributed by atoms with Crippen LogP contribution in [-0.4, -0.2) is 51.1 Å². The van der Waals surface area contributed by atoms with Crippen LogP contribution in [0.2, 0.25) is 0 Å². The molecule has 0 atom stereocenters. The van der Waals surface area contributed by atoms with E-state index in [1.807, 2.05) is 42.5 Å². The lowest BCUT2D eigenvalue weighted by atomic mass is 10.2. The highest BCUT2D eigenvalue weighted by molar-refractivity contribution is 9.10. The summed E-state index contributed by atoms with van der Waals surface area (Å²) in [6.07, 6.45) is 1.23. The minimum atomic E-state index is -3.17. The SMILES string of the molecule is CS(=O)(=O)N1CCN(c2ccccc2NC(=O)c2ccccc2Br)CC1. The summed E-state index contributed by atoms with van der Waals surface area (Å²) < 4.78 is 25.6. The molecule has 1 N–H and O–H groups in total. The van der Waals surface area contributed by atoms with Crippen molar-refractivity contribution in [3.05, 3.63) is 58.6 Å². The van der Waals surface area contributed by atoms with E-state index in [0.29, 0.717) is 37.4 Å². The largest absolute Gasteiger partial charge is 0.367 e. The van der Waals surface area contributed by atoms with Gasteiger partial charge in [0.25, 0.3) is 5.91 Å². The van der Waals surface area contributed by atoms with Gasteiger partial charge in [-0.25, -0.2) is 8.42 Å². The Morgan fingerprint density at radius 2 is 1.62 bits per heavy atom. The summed E-state index contributed by atoms with van der Waals surface area (Å²) in [6.45, 7) is 2.03. The van der Waals surface area contributed by atoms with Gasteiger partial charge >= 0.3 is 0 Å². The number of halogens is 1. The van der Waals surface area contributed by atoms with Crippen molar-refractivity contribution in [1.29, 1.82) is 0 Å². The average molecular weight is 438 g/mol. The monoisotopic (exact) mass is 437 g/mol. The molecule has 0 aliphatic carbocycles. The molecule has 6 nitrogen and oxygen atoms in total. The molecule has 138 valence electrons. The van der Waals surface area contributed by atoms with Crippen molar-refractivity contribution in [2.75, 3.05) is 42.7 Å². The van der Waals surface area contributed by atoms with E-state index in [-0.39, 0.29) is 5.91 Å². The summed E-state index contributed by atoms with van der Waals surface area (Å²) in [5.74, 6) is -0.195. The topological polar surface area (TPSA) is 69.7 Å². The van der Waals surface area contributed by atoms with E-state index in [1.165, 1.54) is 10.6 Å². The zero-order chi connectivity index (χ0) is 18.7. The summed E-state index contributed by atoms with van der Waals surface area (Å²) in [5.41, 5.74) is 2.16. The molecule has 1 aliphatic heterocycles. The maximum Gasteiger partial charge on any atom is 0.256 e. The highest BCUT2D eigenvalue weighted by atomic mass is 79.9. The van der Waals surface area contributed by atoms with Crippen LogP contribution in [0.15, 0.2) is 53.0 Å². The number of para-hydroxylation sites is 2. The summed E-state index contributed by atoms with van der Waals surface area (Å²) in [7, 11) is -3.17. The number of nitrogens with zero attached hydrogens (tertiary/aromatic N) is 2. The van der Waals surface area contributed by atoms with E-state index in [4.69, 9.17) is 0 Å². The van der Waals surface area contributed by atoms with Crippen LogP contribution >= 0.6 is 15.9 Å². The number of carbonyl (C=O) groups excluding carboxylic acids is 1. The highest BCUT2D eigenvalue weighted by Gasteiger charge is 2.25. The van der Waals surface area contributed by atoms with Gasteiger partial charge in [0.1, 0.15) is 0 Å². The van der Waals surface area contributed by atoms with Crippen molar-refractivity contribution in [2.24, 2.45) is 0 Å². The van der Waals surface area contributed by atoms with E-state index >= 15 is 0 Å². The first-order valence-corrected chi connectivity index (χ1v) is 10.9. The van der Waals surface area contributed by atoms with Gasteiger partial charge in [0.05, 0.1) is 23.2 Å². The molecule has 0 radical (unpaired) electrons. The van der Waals surface area contributed by atoms with Crippen LogP contribution in [0, 0.1) is 0 Å². The van der Waals surface area contributed by atoms with Gasteiger partial charge in [0.2, 0.25) is 10.0 Å². The first kappa shape index (κ1) is 18.9. The Balaban J connectivity index is 1.77. The van der Waals surface area contributed by atoms with Gasteiger partial charge in [-0.05, 0) is 40.2 Å². The molecule has 0 saturated carbocycles. The zero-order valence-corrected chi connectivity index (χ0v) is 16.8. The van der Waals surface area contributed by atoms with Gasteiger partial charge < -0.3 is 10.2 Å². The molecule has 1 saturated heterocycles. The molecular formula is C18H20BrN3O3S. The molecule has 0 unspecified atom stereocenters. The molecule has 1 amide bonds. The molecule has 2 aromatic rings. The van der Waals surface area contributed by atoms with Gasteiger partial charge in [-0.1, -0.05) is 24.3 Å². The van der Waals surface area contributed by atoms with Crippen LogP contribution in [-0.2, 0) is 10.0 Å². The molecule has 1 heterocycles. The number of anilines is 2. The van der Waals surface area contributed by atoms with Crippen LogP contribution in [0.5, 0.6) is 0 Å². The van der Waals surface area contributed by atoms with Crippen LogP contribution in [0.3, 0.4) is 0 Å². The summed E-state index contributed by atoms with van der Waals surface area (Å²) in [6, 6.07) is 14.8. The van der Waals surface area contributed by atoms with Crippen molar-refractivity contribution in [3.8, 4) is 0 Å². The second-order valence-corrected chi connectivity index (χ2v) is 8.94. The molecule has 0 bridgehead atoms. The Labute approximate surface area is 162 Å². The van der Waals surface area contributed by atoms with Crippen LogP contribution in [0.1, 0.15) is 10.4 Å². The normalized spacial score (nSPS) is 15.7. The maximum absolute atomic E-state index is 12.6. The number of benzene rings is 2. The Morgan fingerprint density at radius 1 is 1.00 bits per heavy atom. The molecule has 0 aromatic heterocycles. The smallest absolute Gasteiger partial charge is 0.256 e. The van der Waals surface area contributed by atoms with E-state index in [1.54, 1.807) is 6.07 Å². The quantitative estimate of drug-likeness (QED) is 0.797. The number of piperazine rings is 1. The van der Waals surface area contributed by atoms with Crippen LogP contribution in [0.4, 0.5) is 11.4 Å². The number of sulfonamides is 1. The fourth-order valence-corrected chi connectivity index (χ4v) is 4.24. The van der Waals surface area contributed by atoms with E-state index in [2.05, 4.69) is 26.1 Å². The lowest BCUT2D eigenvalue weighted by Gasteiger charge is -2.35. The van der Waals surface area contributed by atoms with E-state index in [9.17, 15) is 13.2 Å². The first-order chi connectivity index (χ1) is 12.4. The number of hydrogen-bond acceptors (Lipinski definition) is 4. The summed E-state index contributed by atoms with van der Waals surface area (Å²) in [4.78, 5) is 14.7. The lowest BCUT2D eigenvalue weighted by molar-refractivity contribution is 0.102. The average Bonchev–Trinajstić information content (AvgIpc) is 2.62. The van der Waals surface area contributed by atoms with Gasteiger partial charge in [-0.3, -0.25) is 4.79 Å². The number of rotatable bonds is 4. The fourth-order valence-electron chi connectivity index (χ4n) is 2.95. The van der Waals surface area contributed by atoms with Crippen molar-refractivity contribution < 1.29 is 13.2 Å². The third-order valence-electron chi connectivity index (χ3n) is 4.32. The standard InChI is InChI=1S/C18H20BrN3O3S/c1-26(24,25)22-12-10-21(11-13-22)17-9-5-4-8-16(17)20-18(23)14-6-2-3-7-15(14)19/h2-9H,10-13H2,1H3,(H,20,23). The molecule has 8 heteroatoms. The number of nitrogens with one attached hydrogen (secondary N) is 1. The van der Waals surface area contributed by atoms with Crippen molar-refractivity contribution in [3.63, 3.8) is 0 Å². The Kier molecular flexibility index (Phi) is 5.64. The molecular weight excluding hydrogens is 418 g/mol. The minimum absolute atomic E-state index is 0.195. The van der Waals surface area contributed by atoms with Crippen LogP contribution in [0.25, 0.3) is 0 Å². The van der Waals surface area contributed by atoms with Gasteiger partial charge in [-0.15, -0.1) is 0 Å². The van der Waals surface area contributed by atoms with E-state index < -0.39 is 10.0 Å². The Bertz CT molecular complexity index is 909. The van der Waals surface area contributed by atoms with Gasteiger partial charge in [0, 0.05) is 30.7 Å². The number of hydrogen-bond donors (Lipinski definition) is 1. The van der Waals surface area contributed by atoms with Gasteiger partial charge in [-0.2, -0.15) is 4.31 Å². The lowest BCUT2D eigenvalue weighted by Crippen LogP contribution is -2.48. The Morgan fingerprint density at radius 3 is 2.27 bits per heavy atom. The van der Waals surface area contributed by atoms with E-state index in [0.717, 1.165) is 10.2 Å². The third-order valence-corrected chi connectivity index (χ3v) is 6.31. The molecule has 0 spiro atoms. The molecule has 26 heavy (non-hydrogen) atoms. The highest BCUT2D eigenvalue weighted by Crippen LogP contribution is 2.28. The zero-order valence-electron chi connectivity index (χ0n) is 14.4. The Hall–Kier alpha value is -1.90. The molecule has 1 aliphatic rings. The van der Waals surface area contributed by atoms with Gasteiger partial charge in [0.15, 0.2) is 0 Å². The maximum atomic E-state index is 12.6. The third kappa shape index (κ3) is 4.25. The molecule has 3 rings (SSSR count). The minimum Gasteiger partial charge on any atom is -0.367 e. The summed E-state index contributed by atoms with van der Waals surface area (Å²) in [5, 5.41) is 2.96. The van der Waals surface area contributed by atoms with Crippen molar-refractivity contribution in [2.45, 2.75) is 0 Å². The summed E-state index contributed by atoms with van der Waals surface area (Å²) >= 11 is 3.40. The predicted molar refractivity (Wildman–Crippen MR) is 107 cm³/mol. The number of carbonyl (C=O) groups is 1. The predicted octanol–water partition coefficient (Wildman–Crippen LogP) is 2.78. The van der Waals surface area contributed by atoms with Crippen molar-refractivity contribution in [1.82, 2.24) is 4.31 Å². The van der Waals surface area contributed by atoms with Crippen molar-refractivity contribution >= 4 is 43.2 Å². The molecule has 1 fully saturated rings. The first-order valence-electron chi connectivity index (χ1n) is 8.21. The molecule has 2 aromatic carbocycles. The second kappa shape index (κ2) is 7.77. The van der Waals surface area contributed by atoms with Crippen LogP contribution < -0.4 is 10.2 Å². The fraction of sp³-hybridized carbons (Fsp3) is 0.278.